The number of aromatic amines is 1. The summed E-state index contributed by atoms with van der Waals surface area (Å²) in [4.78, 5) is 36.8. The maximum atomic E-state index is 12.1. The Hall–Kier alpha value is -2.32. The number of alkyl halides is 3. The van der Waals surface area contributed by atoms with Gasteiger partial charge >= 0.3 is 6.18 Å². The van der Waals surface area contributed by atoms with Gasteiger partial charge in [-0.25, -0.2) is 0 Å². The van der Waals surface area contributed by atoms with Crippen molar-refractivity contribution in [1.29, 1.82) is 0 Å². The van der Waals surface area contributed by atoms with Gasteiger partial charge in [0.25, 0.3) is 11.8 Å². The van der Waals surface area contributed by atoms with Crippen LogP contribution in [-0.2, 0) is 6.42 Å². The Morgan fingerprint density at radius 2 is 2.05 bits per heavy atom. The van der Waals surface area contributed by atoms with Gasteiger partial charge in [0, 0.05) is 12.6 Å². The fourth-order valence-corrected chi connectivity index (χ4v) is 1.91. The van der Waals surface area contributed by atoms with Gasteiger partial charge in [0.05, 0.1) is 5.56 Å². The van der Waals surface area contributed by atoms with Crippen molar-refractivity contribution in [2.45, 2.75) is 12.6 Å². The molecule has 2 amide bonds. The second-order valence-corrected chi connectivity index (χ2v) is 4.20. The number of rotatable bonds is 2. The van der Waals surface area contributed by atoms with Gasteiger partial charge in [-0.1, -0.05) is 0 Å². The first-order chi connectivity index (χ1) is 9.28. The normalized spacial score (nSPS) is 14.4. The summed E-state index contributed by atoms with van der Waals surface area (Å²) in [5.41, 5.74) is -0.769. The van der Waals surface area contributed by atoms with Crippen molar-refractivity contribution in [1.82, 2.24) is 15.6 Å². The lowest BCUT2D eigenvalue weighted by Crippen LogP contribution is -2.39. The third-order valence-corrected chi connectivity index (χ3v) is 2.73. The summed E-state index contributed by atoms with van der Waals surface area (Å²) < 4.78 is 36.2. The molecular weight excluding hydrogens is 279 g/mol. The zero-order valence-electron chi connectivity index (χ0n) is 10.1. The molecule has 108 valence electrons. The predicted molar refractivity (Wildman–Crippen MR) is 61.5 cm³/mol. The number of halogens is 3. The Kier molecular flexibility index (Phi) is 3.51. The predicted octanol–water partition coefficient (Wildman–Crippen LogP) is -0.0471. The number of aromatic nitrogens is 1. The average molecular weight is 289 g/mol. The standard InChI is InChI=1S/C11H10F3N3O3/c12-11(13,14)4-16-10(20)8-5-1-2-15-9(19)6(5)3-7(18)17-8/h3H,1-2,4H2,(H,15,19)(H,16,20)(H,17,18). The summed E-state index contributed by atoms with van der Waals surface area (Å²) in [5.74, 6) is -1.59. The number of carbonyl (C=O) groups excluding carboxylic acids is 2. The quantitative estimate of drug-likeness (QED) is 0.713. The summed E-state index contributed by atoms with van der Waals surface area (Å²) in [7, 11) is 0. The van der Waals surface area contributed by atoms with Crippen LogP contribution in [-0.4, -0.2) is 36.1 Å². The molecule has 6 nitrogen and oxygen atoms in total. The smallest absolute Gasteiger partial charge is 0.352 e. The number of H-pyrrole nitrogens is 1. The van der Waals surface area contributed by atoms with Gasteiger partial charge in [0.15, 0.2) is 0 Å². The van der Waals surface area contributed by atoms with E-state index in [4.69, 9.17) is 0 Å². The second kappa shape index (κ2) is 4.99. The van der Waals surface area contributed by atoms with E-state index in [0.29, 0.717) is 0 Å². The molecule has 0 radical (unpaired) electrons. The van der Waals surface area contributed by atoms with Crippen molar-refractivity contribution in [3.8, 4) is 0 Å². The van der Waals surface area contributed by atoms with Crippen LogP contribution in [0.25, 0.3) is 0 Å². The van der Waals surface area contributed by atoms with Crippen molar-refractivity contribution >= 4 is 11.8 Å². The summed E-state index contributed by atoms with van der Waals surface area (Å²) in [5, 5.41) is 4.15. The first kappa shape index (κ1) is 14.1. The van der Waals surface area contributed by atoms with Crippen LogP contribution in [0.1, 0.15) is 26.4 Å². The lowest BCUT2D eigenvalue weighted by Gasteiger charge is -2.19. The van der Waals surface area contributed by atoms with Crippen LogP contribution in [0.3, 0.4) is 0 Å². The summed E-state index contributed by atoms with van der Waals surface area (Å²) in [6.07, 6.45) is -4.30. The second-order valence-electron chi connectivity index (χ2n) is 4.20. The van der Waals surface area contributed by atoms with Gasteiger partial charge in [0.2, 0.25) is 5.56 Å². The highest BCUT2D eigenvalue weighted by Gasteiger charge is 2.30. The molecule has 0 fully saturated rings. The molecule has 1 aliphatic heterocycles. The molecule has 0 unspecified atom stereocenters. The lowest BCUT2D eigenvalue weighted by molar-refractivity contribution is -0.123. The Morgan fingerprint density at radius 1 is 1.35 bits per heavy atom. The molecule has 2 rings (SSSR count). The topological polar surface area (TPSA) is 91.1 Å². The largest absolute Gasteiger partial charge is 0.405 e. The number of carbonyl (C=O) groups is 2. The van der Waals surface area contributed by atoms with E-state index in [1.165, 1.54) is 0 Å². The Labute approximate surface area is 110 Å². The van der Waals surface area contributed by atoms with Gasteiger partial charge < -0.3 is 15.6 Å². The molecule has 20 heavy (non-hydrogen) atoms. The molecule has 2 heterocycles. The fourth-order valence-electron chi connectivity index (χ4n) is 1.91. The van der Waals surface area contributed by atoms with Gasteiger partial charge in [-0.15, -0.1) is 0 Å². The van der Waals surface area contributed by atoms with Crippen molar-refractivity contribution in [3.63, 3.8) is 0 Å². The Morgan fingerprint density at radius 3 is 2.70 bits per heavy atom. The zero-order valence-corrected chi connectivity index (χ0v) is 10.1. The highest BCUT2D eigenvalue weighted by molar-refractivity contribution is 6.01. The molecule has 1 aromatic heterocycles. The average Bonchev–Trinajstić information content (AvgIpc) is 2.35. The zero-order chi connectivity index (χ0) is 14.9. The summed E-state index contributed by atoms with van der Waals surface area (Å²) in [6.45, 7) is -1.26. The monoisotopic (exact) mass is 289 g/mol. The molecule has 0 saturated carbocycles. The van der Waals surface area contributed by atoms with Gasteiger partial charge in [0.1, 0.15) is 12.2 Å². The third kappa shape index (κ3) is 2.98. The molecule has 0 saturated heterocycles. The van der Waals surface area contributed by atoms with E-state index in [0.717, 1.165) is 6.07 Å². The van der Waals surface area contributed by atoms with Crippen LogP contribution in [0.15, 0.2) is 10.9 Å². The first-order valence-electron chi connectivity index (χ1n) is 5.67. The van der Waals surface area contributed by atoms with Gasteiger partial charge in [-0.3, -0.25) is 14.4 Å². The molecule has 0 atom stereocenters. The van der Waals surface area contributed by atoms with Crippen LogP contribution in [0.5, 0.6) is 0 Å². The molecular formula is C11H10F3N3O3. The van der Waals surface area contributed by atoms with E-state index in [1.54, 1.807) is 5.32 Å². The lowest BCUT2D eigenvalue weighted by atomic mass is 9.99. The molecule has 1 aliphatic rings. The molecule has 0 spiro atoms. The molecule has 1 aromatic rings. The van der Waals surface area contributed by atoms with Crippen LogP contribution in [0.4, 0.5) is 13.2 Å². The molecule has 9 heteroatoms. The minimum absolute atomic E-state index is 0.0113. The highest BCUT2D eigenvalue weighted by Crippen LogP contribution is 2.16. The van der Waals surface area contributed by atoms with Gasteiger partial charge in [-0.05, 0) is 12.0 Å². The van der Waals surface area contributed by atoms with Crippen molar-refractivity contribution in [2.24, 2.45) is 0 Å². The van der Waals surface area contributed by atoms with Crippen LogP contribution >= 0.6 is 0 Å². The maximum Gasteiger partial charge on any atom is 0.405 e. The number of nitrogens with one attached hydrogen (secondary N) is 3. The highest BCUT2D eigenvalue weighted by atomic mass is 19.4. The molecule has 0 aliphatic carbocycles. The van der Waals surface area contributed by atoms with E-state index >= 15 is 0 Å². The fraction of sp³-hybridized carbons (Fsp3) is 0.364. The van der Waals surface area contributed by atoms with E-state index in [9.17, 15) is 27.6 Å². The van der Waals surface area contributed by atoms with Crippen molar-refractivity contribution in [3.05, 3.63) is 33.2 Å². The number of fused-ring (bicyclic) bond motifs is 1. The van der Waals surface area contributed by atoms with Crippen molar-refractivity contribution < 1.29 is 22.8 Å². The van der Waals surface area contributed by atoms with E-state index < -0.39 is 30.1 Å². The number of amides is 2. The summed E-state index contributed by atoms with van der Waals surface area (Å²) >= 11 is 0. The van der Waals surface area contributed by atoms with E-state index in [2.05, 4.69) is 10.3 Å². The molecule has 0 aromatic carbocycles. The molecule has 3 N–H and O–H groups in total. The number of pyridine rings is 1. The van der Waals surface area contributed by atoms with Crippen LogP contribution in [0.2, 0.25) is 0 Å². The molecule has 0 bridgehead atoms. The third-order valence-electron chi connectivity index (χ3n) is 2.73. The Balaban J connectivity index is 2.34. The number of hydrogen-bond acceptors (Lipinski definition) is 3. The van der Waals surface area contributed by atoms with Crippen LogP contribution in [0, 0.1) is 0 Å². The summed E-state index contributed by atoms with van der Waals surface area (Å²) in [6, 6.07) is 1.02. The van der Waals surface area contributed by atoms with E-state index in [1.807, 2.05) is 0 Å². The van der Waals surface area contributed by atoms with E-state index in [-0.39, 0.29) is 29.8 Å². The minimum Gasteiger partial charge on any atom is -0.352 e. The Bertz CT molecular complexity index is 622. The first-order valence-corrected chi connectivity index (χ1v) is 5.67. The maximum absolute atomic E-state index is 12.1. The SMILES string of the molecule is O=C1NCCc2c1cc(=O)[nH]c2C(=O)NCC(F)(F)F. The minimum atomic E-state index is -4.55. The van der Waals surface area contributed by atoms with Crippen LogP contribution < -0.4 is 16.2 Å². The number of hydrogen-bond donors (Lipinski definition) is 3. The van der Waals surface area contributed by atoms with Gasteiger partial charge in [-0.2, -0.15) is 13.2 Å². The van der Waals surface area contributed by atoms with Crippen molar-refractivity contribution in [2.75, 3.05) is 13.1 Å².